The zero-order valence-corrected chi connectivity index (χ0v) is 12.0. The van der Waals surface area contributed by atoms with Crippen molar-refractivity contribution in [1.82, 2.24) is 30.2 Å². The third-order valence-electron chi connectivity index (χ3n) is 3.55. The Morgan fingerprint density at radius 2 is 1.91 bits per heavy atom. The molecule has 3 aromatic heterocycles. The Morgan fingerprint density at radius 1 is 1.14 bits per heavy atom. The van der Waals surface area contributed by atoms with Gasteiger partial charge < -0.3 is 9.15 Å². The molecule has 1 aliphatic rings. The van der Waals surface area contributed by atoms with Crippen molar-refractivity contribution in [2.24, 2.45) is 5.41 Å². The van der Waals surface area contributed by atoms with Gasteiger partial charge in [-0.2, -0.15) is 0 Å². The van der Waals surface area contributed by atoms with E-state index in [1.54, 1.807) is 17.1 Å². The number of hydrogen-bond donors (Lipinski definition) is 0. The summed E-state index contributed by atoms with van der Waals surface area (Å²) >= 11 is 0. The summed E-state index contributed by atoms with van der Waals surface area (Å²) in [5.74, 6) is 0.791. The maximum atomic E-state index is 5.65. The lowest BCUT2D eigenvalue weighted by atomic mass is 9.89. The first-order valence-corrected chi connectivity index (χ1v) is 6.94. The second-order valence-electron chi connectivity index (χ2n) is 5.75. The van der Waals surface area contributed by atoms with Gasteiger partial charge in [-0.1, -0.05) is 12.1 Å². The number of rotatable bonds is 4. The van der Waals surface area contributed by atoms with Gasteiger partial charge in [0.1, 0.15) is 0 Å². The fourth-order valence-corrected chi connectivity index (χ4v) is 2.34. The maximum Gasteiger partial charge on any atom is 0.270 e. The number of hydrogen-bond acceptors (Lipinski definition) is 7. The molecule has 3 aromatic rings. The van der Waals surface area contributed by atoms with Gasteiger partial charge in [-0.15, -0.1) is 15.3 Å². The highest BCUT2D eigenvalue weighted by Crippen LogP contribution is 2.29. The fraction of sp³-hybridized carbons (Fsp3) is 0.357. The van der Waals surface area contributed by atoms with Gasteiger partial charge in [-0.05, 0) is 12.1 Å². The van der Waals surface area contributed by atoms with Crippen molar-refractivity contribution in [1.29, 1.82) is 0 Å². The van der Waals surface area contributed by atoms with Crippen LogP contribution in [0, 0.1) is 5.41 Å². The van der Waals surface area contributed by atoms with E-state index in [9.17, 15) is 0 Å². The van der Waals surface area contributed by atoms with Crippen molar-refractivity contribution < 1.29 is 9.15 Å². The predicted molar refractivity (Wildman–Crippen MR) is 75.5 cm³/mol. The van der Waals surface area contributed by atoms with E-state index in [1.807, 2.05) is 18.3 Å². The van der Waals surface area contributed by atoms with Crippen molar-refractivity contribution in [3.63, 3.8) is 0 Å². The minimum atomic E-state index is 0.127. The maximum absolute atomic E-state index is 5.65. The van der Waals surface area contributed by atoms with Crippen molar-refractivity contribution in [2.45, 2.75) is 13.5 Å². The molecule has 0 unspecified atom stereocenters. The molecule has 1 saturated heterocycles. The van der Waals surface area contributed by atoms with Crippen LogP contribution in [0.5, 0.6) is 0 Å². The van der Waals surface area contributed by atoms with Crippen LogP contribution in [0.3, 0.4) is 0 Å². The highest BCUT2D eigenvalue weighted by atomic mass is 16.5. The normalized spacial score (nSPS) is 16.4. The first-order valence-electron chi connectivity index (χ1n) is 6.94. The van der Waals surface area contributed by atoms with Gasteiger partial charge in [-0.25, -0.2) is 0 Å². The Kier molecular flexibility index (Phi) is 2.97. The third kappa shape index (κ3) is 2.37. The highest BCUT2D eigenvalue weighted by molar-refractivity contribution is 5.54. The largest absolute Gasteiger partial charge is 0.414 e. The molecule has 112 valence electrons. The highest BCUT2D eigenvalue weighted by Gasteiger charge is 2.34. The van der Waals surface area contributed by atoms with Gasteiger partial charge in [0.2, 0.25) is 5.89 Å². The molecule has 0 aliphatic carbocycles. The van der Waals surface area contributed by atoms with Gasteiger partial charge in [0.15, 0.2) is 5.69 Å². The van der Waals surface area contributed by atoms with Crippen molar-refractivity contribution in [3.8, 4) is 23.0 Å². The molecule has 0 radical (unpaired) electrons. The summed E-state index contributed by atoms with van der Waals surface area (Å²) in [5.41, 5.74) is 1.51. The lowest BCUT2D eigenvalue weighted by Gasteiger charge is -2.37. The number of nitrogens with zero attached hydrogens (tertiary/aromatic N) is 6. The van der Waals surface area contributed by atoms with E-state index in [1.165, 1.54) is 0 Å². The molecule has 0 bridgehead atoms. The van der Waals surface area contributed by atoms with Crippen LogP contribution in [0.4, 0.5) is 0 Å². The second kappa shape index (κ2) is 4.99. The third-order valence-corrected chi connectivity index (χ3v) is 3.55. The Bertz CT molecular complexity index is 777. The standard InChI is InChI=1S/C14H14N6O2/c1-14(8-21-9-14)7-20-6-11(16-19-20)13-18-17-12(22-13)10-2-4-15-5-3-10/h2-6H,7-9H2,1H3. The molecule has 0 amide bonds. The molecule has 22 heavy (non-hydrogen) atoms. The molecule has 0 atom stereocenters. The van der Waals surface area contributed by atoms with Crippen molar-refractivity contribution >= 4 is 0 Å². The first-order chi connectivity index (χ1) is 10.7. The second-order valence-corrected chi connectivity index (χ2v) is 5.75. The van der Waals surface area contributed by atoms with E-state index in [4.69, 9.17) is 9.15 Å². The lowest BCUT2D eigenvalue weighted by molar-refractivity contribution is -0.111. The zero-order chi connectivity index (χ0) is 15.0. The van der Waals surface area contributed by atoms with Crippen LogP contribution in [0.25, 0.3) is 23.0 Å². The molecule has 1 fully saturated rings. The van der Waals surface area contributed by atoms with Gasteiger partial charge in [0.05, 0.1) is 26.0 Å². The average molecular weight is 298 g/mol. The van der Waals surface area contributed by atoms with Gasteiger partial charge in [0, 0.05) is 23.4 Å². The monoisotopic (exact) mass is 298 g/mol. The SMILES string of the molecule is CC1(Cn2cc(-c3nnc(-c4ccncc4)o3)nn2)COC1. The molecule has 8 heteroatoms. The summed E-state index contributed by atoms with van der Waals surface area (Å²) < 4.78 is 12.7. The average Bonchev–Trinajstić information content (AvgIpc) is 3.15. The Morgan fingerprint density at radius 3 is 2.64 bits per heavy atom. The van der Waals surface area contributed by atoms with E-state index >= 15 is 0 Å². The van der Waals surface area contributed by atoms with E-state index in [0.717, 1.165) is 25.3 Å². The Hall–Kier alpha value is -2.61. The summed E-state index contributed by atoms with van der Waals surface area (Å²) in [6, 6.07) is 3.62. The van der Waals surface area contributed by atoms with E-state index in [2.05, 4.69) is 32.4 Å². The smallest absolute Gasteiger partial charge is 0.270 e. The van der Waals surface area contributed by atoms with Gasteiger partial charge >= 0.3 is 0 Å². The van der Waals surface area contributed by atoms with Crippen LogP contribution in [0.2, 0.25) is 0 Å². The zero-order valence-electron chi connectivity index (χ0n) is 12.0. The summed E-state index contributed by atoms with van der Waals surface area (Å²) in [7, 11) is 0. The molecule has 0 aromatic carbocycles. The van der Waals surface area contributed by atoms with Gasteiger partial charge in [0.25, 0.3) is 5.89 Å². The minimum Gasteiger partial charge on any atom is -0.414 e. The first kappa shape index (κ1) is 13.1. The van der Waals surface area contributed by atoms with Crippen molar-refractivity contribution in [2.75, 3.05) is 13.2 Å². The predicted octanol–water partition coefficient (Wildman–Crippen LogP) is 1.43. The van der Waals surface area contributed by atoms with Crippen LogP contribution in [-0.4, -0.2) is 43.4 Å². The van der Waals surface area contributed by atoms with E-state index < -0.39 is 0 Å². The number of ether oxygens (including phenoxy) is 1. The van der Waals surface area contributed by atoms with Crippen LogP contribution >= 0.6 is 0 Å². The molecule has 1 aliphatic heterocycles. The summed E-state index contributed by atoms with van der Waals surface area (Å²) in [6.07, 6.45) is 5.17. The summed E-state index contributed by atoms with van der Waals surface area (Å²) in [5, 5.41) is 16.3. The lowest BCUT2D eigenvalue weighted by Crippen LogP contribution is -2.43. The van der Waals surface area contributed by atoms with E-state index in [-0.39, 0.29) is 5.41 Å². The molecule has 4 rings (SSSR count). The fourth-order valence-electron chi connectivity index (χ4n) is 2.34. The quantitative estimate of drug-likeness (QED) is 0.719. The Balaban J connectivity index is 1.55. The summed E-state index contributed by atoms with van der Waals surface area (Å²) in [4.78, 5) is 3.96. The van der Waals surface area contributed by atoms with Crippen molar-refractivity contribution in [3.05, 3.63) is 30.7 Å². The molecule has 4 heterocycles. The number of pyridine rings is 1. The van der Waals surface area contributed by atoms with Crippen LogP contribution in [0.15, 0.2) is 35.1 Å². The molecule has 0 saturated carbocycles. The Labute approximate surface area is 126 Å². The van der Waals surface area contributed by atoms with Crippen LogP contribution < -0.4 is 0 Å². The van der Waals surface area contributed by atoms with Gasteiger partial charge in [-0.3, -0.25) is 9.67 Å². The summed E-state index contributed by atoms with van der Waals surface area (Å²) in [6.45, 7) is 4.40. The molecule has 8 nitrogen and oxygen atoms in total. The topological polar surface area (TPSA) is 91.8 Å². The van der Waals surface area contributed by atoms with E-state index in [0.29, 0.717) is 17.5 Å². The number of aromatic nitrogens is 6. The van der Waals surface area contributed by atoms with Crippen LogP contribution in [-0.2, 0) is 11.3 Å². The molecule has 0 N–H and O–H groups in total. The molecular weight excluding hydrogens is 284 g/mol. The molecular formula is C14H14N6O2. The van der Waals surface area contributed by atoms with Crippen LogP contribution in [0.1, 0.15) is 6.92 Å². The molecule has 0 spiro atoms. The minimum absolute atomic E-state index is 0.127.